The molecule has 1 aromatic heterocycles. The third-order valence-corrected chi connectivity index (χ3v) is 11.6. The Morgan fingerprint density at radius 3 is 2.36 bits per heavy atom. The van der Waals surface area contributed by atoms with Crippen molar-refractivity contribution in [1.29, 1.82) is 0 Å². The Hall–Kier alpha value is -3.43. The third kappa shape index (κ3) is 8.20. The van der Waals surface area contributed by atoms with Gasteiger partial charge in [0, 0.05) is 35.7 Å². The summed E-state index contributed by atoms with van der Waals surface area (Å²) < 4.78 is 45.7. The van der Waals surface area contributed by atoms with E-state index >= 15 is 0 Å². The van der Waals surface area contributed by atoms with E-state index in [0.29, 0.717) is 41.9 Å². The number of fused-ring (bicyclic) bond motifs is 1. The molecule has 1 saturated heterocycles. The average Bonchev–Trinajstić information content (AvgIpc) is 3.94. The smallest absolute Gasteiger partial charge is 0.408 e. The van der Waals surface area contributed by atoms with Gasteiger partial charge >= 0.3 is 6.09 Å². The second kappa shape index (κ2) is 13.9. The van der Waals surface area contributed by atoms with Gasteiger partial charge in [0.2, 0.25) is 21.8 Å². The SMILES string of the molecule is C=CC1C[C@]1(NC[C@@H]1C[C@@H](Oc2nc(Br)c(OC)c3ccccc23)CN1C(=O)[C@@H](NC(=O)OC(C)(C)C)C(C)(C)C)C(=O)NS(=O)(=O)C1CC1. The number of likely N-dealkylation sites (tertiary alicyclic amines) is 1. The van der Waals surface area contributed by atoms with E-state index in [4.69, 9.17) is 14.2 Å². The van der Waals surface area contributed by atoms with E-state index in [1.165, 1.54) is 0 Å². The fraction of sp³-hybridized carbons (Fsp3) is 0.600. The molecule has 0 radical (unpaired) electrons. The van der Waals surface area contributed by atoms with Gasteiger partial charge in [-0.25, -0.2) is 18.2 Å². The Morgan fingerprint density at radius 2 is 1.80 bits per heavy atom. The van der Waals surface area contributed by atoms with Gasteiger partial charge in [-0.05, 0) is 67.4 Å². The molecule has 0 spiro atoms. The molecular formula is C35H48BrN5O8S. The molecule has 3 fully saturated rings. The zero-order chi connectivity index (χ0) is 36.8. The molecule has 1 aliphatic heterocycles. The van der Waals surface area contributed by atoms with E-state index in [0.717, 1.165) is 10.8 Å². The maximum absolute atomic E-state index is 14.5. The summed E-state index contributed by atoms with van der Waals surface area (Å²) >= 11 is 3.49. The number of methoxy groups -OCH3 is 1. The van der Waals surface area contributed by atoms with Crippen molar-refractivity contribution in [1.82, 2.24) is 25.2 Å². The van der Waals surface area contributed by atoms with Crippen LogP contribution in [0.5, 0.6) is 11.6 Å². The van der Waals surface area contributed by atoms with Crippen LogP contribution >= 0.6 is 15.9 Å². The summed E-state index contributed by atoms with van der Waals surface area (Å²) in [7, 11) is -2.21. The number of aromatic nitrogens is 1. The minimum Gasteiger partial charge on any atom is -0.493 e. The van der Waals surface area contributed by atoms with Crippen LogP contribution in [0.3, 0.4) is 0 Å². The second-order valence-electron chi connectivity index (χ2n) is 15.4. The van der Waals surface area contributed by atoms with Crippen LogP contribution in [0.25, 0.3) is 10.8 Å². The summed E-state index contributed by atoms with van der Waals surface area (Å²) in [6.07, 6.45) is 2.18. The third-order valence-electron chi connectivity index (χ3n) is 9.26. The van der Waals surface area contributed by atoms with E-state index in [2.05, 4.69) is 42.8 Å². The molecule has 1 aromatic carbocycles. The highest BCUT2D eigenvalue weighted by atomic mass is 79.9. The molecule has 13 nitrogen and oxygen atoms in total. The van der Waals surface area contributed by atoms with Gasteiger partial charge in [-0.2, -0.15) is 0 Å². The zero-order valence-electron chi connectivity index (χ0n) is 29.7. The molecule has 15 heteroatoms. The lowest BCUT2D eigenvalue weighted by Gasteiger charge is -2.36. The van der Waals surface area contributed by atoms with Crippen LogP contribution in [0.1, 0.15) is 67.2 Å². The first-order valence-electron chi connectivity index (χ1n) is 16.8. The highest BCUT2D eigenvalue weighted by Gasteiger charge is 2.60. The number of carbonyl (C=O) groups is 3. The first-order chi connectivity index (χ1) is 23.3. The Kier molecular flexibility index (Phi) is 10.5. The van der Waals surface area contributed by atoms with Gasteiger partial charge in [0.15, 0.2) is 10.4 Å². The number of nitrogens with one attached hydrogen (secondary N) is 3. The van der Waals surface area contributed by atoms with Crippen LogP contribution in [0.4, 0.5) is 4.79 Å². The van der Waals surface area contributed by atoms with Crippen molar-refractivity contribution in [3.05, 3.63) is 41.5 Å². The number of nitrogens with zero attached hydrogens (tertiary/aromatic N) is 2. The highest BCUT2D eigenvalue weighted by Crippen LogP contribution is 2.45. The van der Waals surface area contributed by atoms with Gasteiger partial charge < -0.3 is 29.7 Å². The molecule has 3 N–H and O–H groups in total. The first-order valence-corrected chi connectivity index (χ1v) is 19.2. The van der Waals surface area contributed by atoms with Gasteiger partial charge in [0.05, 0.1) is 18.9 Å². The minimum absolute atomic E-state index is 0.149. The summed E-state index contributed by atoms with van der Waals surface area (Å²) in [5.74, 6) is -0.351. The van der Waals surface area contributed by atoms with Crippen molar-refractivity contribution >= 4 is 54.6 Å². The number of hydrogen-bond acceptors (Lipinski definition) is 10. The zero-order valence-corrected chi connectivity index (χ0v) is 32.1. The molecule has 2 heterocycles. The number of sulfonamides is 1. The molecule has 274 valence electrons. The van der Waals surface area contributed by atoms with Crippen molar-refractivity contribution in [3.8, 4) is 11.6 Å². The number of amides is 3. The van der Waals surface area contributed by atoms with Crippen LogP contribution in [-0.4, -0.2) is 91.0 Å². The lowest BCUT2D eigenvalue weighted by Crippen LogP contribution is -2.58. The molecule has 3 aliphatic rings. The molecule has 1 unspecified atom stereocenters. The molecule has 2 aliphatic carbocycles. The Morgan fingerprint density at radius 1 is 1.14 bits per heavy atom. The number of rotatable bonds is 12. The van der Waals surface area contributed by atoms with Crippen molar-refractivity contribution in [2.45, 2.75) is 102 Å². The van der Waals surface area contributed by atoms with Crippen molar-refractivity contribution < 1.29 is 37.0 Å². The molecule has 3 amide bonds. The van der Waals surface area contributed by atoms with Crippen molar-refractivity contribution in [3.63, 3.8) is 0 Å². The Balaban J connectivity index is 1.43. The molecular weight excluding hydrogens is 730 g/mol. The summed E-state index contributed by atoms with van der Waals surface area (Å²) in [5, 5.41) is 7.08. The fourth-order valence-electron chi connectivity index (χ4n) is 6.38. The second-order valence-corrected chi connectivity index (χ2v) is 18.1. The van der Waals surface area contributed by atoms with E-state index in [-0.39, 0.29) is 24.9 Å². The highest BCUT2D eigenvalue weighted by molar-refractivity contribution is 9.10. The number of benzene rings is 1. The first kappa shape index (κ1) is 37.8. The number of hydrogen-bond donors (Lipinski definition) is 3. The van der Waals surface area contributed by atoms with Crippen LogP contribution in [0.2, 0.25) is 0 Å². The average molecular weight is 779 g/mol. The maximum atomic E-state index is 14.5. The lowest BCUT2D eigenvalue weighted by atomic mass is 9.85. The quantitative estimate of drug-likeness (QED) is 0.207. The summed E-state index contributed by atoms with van der Waals surface area (Å²) in [6, 6.07) is 6.08. The summed E-state index contributed by atoms with van der Waals surface area (Å²) in [6.45, 7) is 15.0. The summed E-state index contributed by atoms with van der Waals surface area (Å²) in [5.41, 5.74) is -2.66. The molecule has 50 heavy (non-hydrogen) atoms. The number of halogens is 1. The van der Waals surface area contributed by atoms with E-state index in [1.54, 1.807) is 38.9 Å². The van der Waals surface area contributed by atoms with Gasteiger partial charge in [-0.1, -0.05) is 45.0 Å². The maximum Gasteiger partial charge on any atom is 0.408 e. The Bertz CT molecular complexity index is 1770. The minimum atomic E-state index is -3.78. The van der Waals surface area contributed by atoms with Crippen molar-refractivity contribution in [2.75, 3.05) is 20.2 Å². The van der Waals surface area contributed by atoms with Gasteiger partial charge in [0.1, 0.15) is 23.3 Å². The monoisotopic (exact) mass is 777 g/mol. The number of carbonyl (C=O) groups excluding carboxylic acids is 3. The molecule has 2 saturated carbocycles. The van der Waals surface area contributed by atoms with Crippen LogP contribution in [0.15, 0.2) is 41.5 Å². The largest absolute Gasteiger partial charge is 0.493 e. The van der Waals surface area contributed by atoms with Gasteiger partial charge in [0.25, 0.3) is 5.91 Å². The van der Waals surface area contributed by atoms with Crippen LogP contribution < -0.4 is 24.8 Å². The van der Waals surface area contributed by atoms with Gasteiger partial charge in [-0.15, -0.1) is 6.58 Å². The number of pyridine rings is 1. The predicted octanol–water partition coefficient (Wildman–Crippen LogP) is 4.44. The molecule has 5 rings (SSSR count). The van der Waals surface area contributed by atoms with E-state index in [9.17, 15) is 22.8 Å². The Labute approximate surface area is 302 Å². The van der Waals surface area contributed by atoms with Crippen molar-refractivity contribution in [2.24, 2.45) is 11.3 Å². The molecule has 0 bridgehead atoms. The van der Waals surface area contributed by atoms with Crippen LogP contribution in [0, 0.1) is 11.3 Å². The molecule has 2 aromatic rings. The predicted molar refractivity (Wildman–Crippen MR) is 192 cm³/mol. The normalized spacial score (nSPS) is 24.3. The fourth-order valence-corrected chi connectivity index (χ4v) is 8.28. The summed E-state index contributed by atoms with van der Waals surface area (Å²) in [4.78, 5) is 47.2. The molecule has 5 atom stereocenters. The standard InChI is InChI=1S/C35H48BrN5O8S/c1-9-20-17-35(20,31(43)40-50(45,46)23-14-15-23)37-18-21-16-22(48-29-25-13-11-10-12-24(25)26(47-8)28(36)39-29)19-41(21)30(42)27(33(2,3)4)38-32(44)49-34(5,6)7/h9-13,20-23,27,37H,1,14-19H2,2-8H3,(H,38,44)(H,40,43)/t20?,21-,22+,27+,35+/m0/s1. The lowest BCUT2D eigenvalue weighted by molar-refractivity contribution is -0.137. The number of alkyl carbamates (subject to hydrolysis) is 1. The van der Waals surface area contributed by atoms with E-state index < -0.39 is 62.0 Å². The van der Waals surface area contributed by atoms with Crippen LogP contribution in [-0.2, 0) is 24.3 Å². The van der Waals surface area contributed by atoms with E-state index in [1.807, 2.05) is 45.0 Å². The topological polar surface area (TPSA) is 165 Å². The number of ether oxygens (including phenoxy) is 3. The van der Waals surface area contributed by atoms with Gasteiger partial charge in [-0.3, -0.25) is 14.3 Å².